The molecule has 0 aromatic carbocycles. The summed E-state index contributed by atoms with van der Waals surface area (Å²) < 4.78 is 9.06. The summed E-state index contributed by atoms with van der Waals surface area (Å²) in [5, 5.41) is 0. The maximum absolute atomic E-state index is 11.9. The third-order valence-electron chi connectivity index (χ3n) is 7.90. The molecule has 25 radical (unpaired) electrons. The minimum Gasteiger partial charge on any atom is -0.480 e. The number of pyridine rings is 1. The summed E-state index contributed by atoms with van der Waals surface area (Å²) in [5.74, 6) is 1.06. The maximum atomic E-state index is 11.9. The molecule has 0 saturated heterocycles. The van der Waals surface area contributed by atoms with Gasteiger partial charge in [-0.15, -0.1) is 11.6 Å². The van der Waals surface area contributed by atoms with Crippen LogP contribution in [-0.2, 0) is 31.3 Å². The van der Waals surface area contributed by atoms with E-state index >= 15 is 0 Å². The van der Waals surface area contributed by atoms with Crippen molar-refractivity contribution in [3.63, 3.8) is 0 Å². The number of fused-ring (bicyclic) bond motifs is 1. The summed E-state index contributed by atoms with van der Waals surface area (Å²) in [7, 11) is 75.2. The number of aromatic nitrogens is 5. The van der Waals surface area contributed by atoms with Gasteiger partial charge < -0.3 is 13.9 Å². The largest absolute Gasteiger partial charge is 0.480 e. The van der Waals surface area contributed by atoms with Gasteiger partial charge in [-0.2, -0.15) is 0 Å². The van der Waals surface area contributed by atoms with Crippen LogP contribution in [0.4, 0.5) is 5.69 Å². The SMILES string of the molecule is Cn1cnc(CCl)c1.Cn1cnc(CN2C(=O)COc3cnccc32)c1.[B][B]B([B])B(B([B])[B])B(B(B([B])[B])B([B])[B])B(B([B])[B])B([B])[B]. The number of imidazole rings is 2. The van der Waals surface area contributed by atoms with Gasteiger partial charge in [0, 0.05) is 196 Å². The van der Waals surface area contributed by atoms with Crippen LogP contribution in [0.15, 0.2) is 43.5 Å². The van der Waals surface area contributed by atoms with Crippen molar-refractivity contribution in [3.8, 4) is 5.75 Å². The molecule has 0 unspecified atom stereocenters. The lowest BCUT2D eigenvalue weighted by molar-refractivity contribution is -0.121. The molecule has 3 aromatic heterocycles. The number of alkyl halides is 1. The first-order chi connectivity index (χ1) is 23.0. The molecule has 0 aliphatic carbocycles. The second-order valence-electron chi connectivity index (χ2n) is 11.8. The smallest absolute Gasteiger partial charge is 0.265 e. The number of nitrogens with zero attached hydrogens (tertiary/aromatic N) is 6. The third-order valence-corrected chi connectivity index (χ3v) is 8.18. The molecule has 0 saturated carbocycles. The van der Waals surface area contributed by atoms with Crippen molar-refractivity contribution in [2.45, 2.75) is 12.4 Å². The highest BCUT2D eigenvalue weighted by Gasteiger charge is 2.47. The minimum atomic E-state index is -0.925. The summed E-state index contributed by atoms with van der Waals surface area (Å²) in [6.07, 6.45) is 2.48. The van der Waals surface area contributed by atoms with E-state index in [2.05, 4.69) is 15.0 Å². The first kappa shape index (κ1) is 43.8. The van der Waals surface area contributed by atoms with Gasteiger partial charge in [0.25, 0.3) is 5.91 Å². The molecular weight excluding hydrogens is 604 g/mol. The first-order valence-corrected chi connectivity index (χ1v) is 15.8. The number of amides is 1. The Bertz CT molecular complexity index is 1380. The number of hydrogen-bond donors (Lipinski definition) is 0. The van der Waals surface area contributed by atoms with Crippen molar-refractivity contribution >= 4 is 187 Å². The monoisotopic (exact) mass is 627 g/mol. The molecule has 1 aliphatic rings. The topological polar surface area (TPSA) is 78.1 Å². The lowest BCUT2D eigenvalue weighted by atomic mass is 8.36. The van der Waals surface area contributed by atoms with Crippen molar-refractivity contribution < 1.29 is 9.53 Å². The average Bonchev–Trinajstić information content (AvgIpc) is 3.65. The molecule has 0 spiro atoms. The van der Waals surface area contributed by atoms with E-state index in [4.69, 9.17) is 109 Å². The summed E-state index contributed by atoms with van der Waals surface area (Å²) in [4.78, 5) is 25.8. The quantitative estimate of drug-likeness (QED) is 0.140. The molecule has 49 heavy (non-hydrogen) atoms. The molecule has 0 bridgehead atoms. The van der Waals surface area contributed by atoms with Crippen molar-refractivity contribution in [2.75, 3.05) is 11.5 Å². The highest BCUT2D eigenvalue weighted by Crippen LogP contribution is 2.31. The molecule has 0 atom stereocenters. The van der Waals surface area contributed by atoms with E-state index < -0.39 is 63.9 Å². The Labute approximate surface area is 317 Å². The number of aryl methyl sites for hydroxylation is 2. The zero-order chi connectivity index (χ0) is 37.0. The normalized spacial score (nSPS) is 11.2. The van der Waals surface area contributed by atoms with E-state index in [-0.39, 0.29) is 12.5 Å². The number of carbonyl (C=O) groups excluding carboxylic acids is 1. The van der Waals surface area contributed by atoms with E-state index in [1.165, 1.54) is 7.06 Å². The molecule has 1 amide bonds. The van der Waals surface area contributed by atoms with Gasteiger partial charge in [-0.3, -0.25) is 14.7 Å². The summed E-state index contributed by atoms with van der Waals surface area (Å²) >= 11 is 5.46. The van der Waals surface area contributed by atoms with E-state index in [1.807, 2.05) is 35.6 Å². The lowest BCUT2D eigenvalue weighted by Crippen LogP contribution is -2.83. The van der Waals surface area contributed by atoms with Crippen LogP contribution in [0.5, 0.6) is 5.75 Å². The van der Waals surface area contributed by atoms with Gasteiger partial charge in [-0.1, -0.05) is 0 Å². The Morgan fingerprint density at radius 2 is 1.29 bits per heavy atom. The van der Waals surface area contributed by atoms with E-state index in [0.717, 1.165) is 17.1 Å². The average molecular weight is 624 g/mol. The van der Waals surface area contributed by atoms with Crippen LogP contribution in [0.3, 0.4) is 0 Å². The van der Waals surface area contributed by atoms with Crippen LogP contribution in [-0.4, -0.2) is 200 Å². The summed E-state index contributed by atoms with van der Waals surface area (Å²) in [6.45, 7) is 0.492. The highest BCUT2D eigenvalue weighted by molar-refractivity contribution is 8.22. The van der Waals surface area contributed by atoms with Gasteiger partial charge in [0.1, 0.15) is 0 Å². The number of ether oxygens (including phenoxy) is 1. The zero-order valence-electron chi connectivity index (χ0n) is 27.8. The van der Waals surface area contributed by atoms with E-state index in [1.54, 1.807) is 36.0 Å². The number of hydrogen-bond acceptors (Lipinski definition) is 5. The molecule has 205 valence electrons. The van der Waals surface area contributed by atoms with Crippen LogP contribution < -0.4 is 9.64 Å². The van der Waals surface area contributed by atoms with Gasteiger partial charge >= 0.3 is 0 Å². The summed E-state index contributed by atoms with van der Waals surface area (Å²) in [6, 6.07) is 1.77. The molecule has 1 aliphatic heterocycles. The van der Waals surface area contributed by atoms with E-state index in [0.29, 0.717) is 18.2 Å². The Morgan fingerprint density at radius 1 is 0.796 bits per heavy atom. The van der Waals surface area contributed by atoms with Crippen molar-refractivity contribution in [2.24, 2.45) is 14.1 Å². The maximum Gasteiger partial charge on any atom is 0.265 e. The molecule has 3 aromatic rings. The minimum absolute atomic E-state index is 0.0471. The predicted octanol–water partition coefficient (Wildman–Crippen LogP) is -6.86. The van der Waals surface area contributed by atoms with Crippen LogP contribution in [0.2, 0.25) is 0 Å². The fourth-order valence-electron chi connectivity index (χ4n) is 5.69. The Balaban J connectivity index is 0.000000281. The molecule has 4 rings (SSSR count). The number of carbonyl (C=O) groups is 1. The lowest BCUT2D eigenvalue weighted by Gasteiger charge is -2.45. The Morgan fingerprint density at radius 3 is 1.67 bits per heavy atom. The standard InChI is InChI=1S/C12H12N4O2.C5H7ClN2.B23/c1-15-5-9(14-8-15)6-16-10-2-3-13-4-11(10)18-7-12(16)17;1-8-3-5(2-6)7-4-8;1-13-19(12)22(18(10)11)23(20(14(2)3)15(4)5)21(16(6)7)17(8)9/h2-5,8H,6-7H2,1H3;3-4H,2H2,1H3;. The molecular formula is C17H19B23ClN6O2. The number of anilines is 1. The van der Waals surface area contributed by atoms with Crippen LogP contribution in [0.25, 0.3) is 0 Å². The molecule has 8 nitrogen and oxygen atoms in total. The van der Waals surface area contributed by atoms with Gasteiger partial charge in [0.15, 0.2) is 12.4 Å². The van der Waals surface area contributed by atoms with E-state index in [9.17, 15) is 4.79 Å². The van der Waals surface area contributed by atoms with Crippen LogP contribution >= 0.6 is 11.6 Å². The van der Waals surface area contributed by atoms with Gasteiger partial charge in [-0.25, -0.2) is 9.97 Å². The van der Waals surface area contributed by atoms with Crippen LogP contribution in [0.1, 0.15) is 11.4 Å². The van der Waals surface area contributed by atoms with Crippen LogP contribution in [0, 0.1) is 0 Å². The molecule has 32 heteroatoms. The molecule has 0 N–H and O–H groups in total. The Hall–Kier alpha value is -1.38. The number of rotatable bonds is 13. The highest BCUT2D eigenvalue weighted by atomic mass is 35.5. The second kappa shape index (κ2) is 21.2. The predicted molar refractivity (Wildman–Crippen MR) is 229 cm³/mol. The van der Waals surface area contributed by atoms with Crippen molar-refractivity contribution in [3.05, 3.63) is 54.9 Å². The Kier molecular flexibility index (Phi) is 19.0. The van der Waals surface area contributed by atoms with Gasteiger partial charge in [0.2, 0.25) is 0 Å². The fourth-order valence-corrected chi connectivity index (χ4v) is 5.82. The molecule has 4 heterocycles. The third kappa shape index (κ3) is 13.0. The molecule has 0 fully saturated rings. The van der Waals surface area contributed by atoms with Gasteiger partial charge in [-0.05, 0) is 6.07 Å². The fraction of sp³-hybridized carbons (Fsp3) is 0.294. The number of halogens is 1. The summed E-state index contributed by atoms with van der Waals surface area (Å²) in [5.41, 5.74) is 2.51. The van der Waals surface area contributed by atoms with Crippen molar-refractivity contribution in [1.29, 1.82) is 0 Å². The first-order valence-electron chi connectivity index (χ1n) is 15.3. The second-order valence-corrected chi connectivity index (χ2v) is 12.0. The van der Waals surface area contributed by atoms with Gasteiger partial charge in [0.05, 0.1) is 48.4 Å². The van der Waals surface area contributed by atoms with Crippen molar-refractivity contribution in [1.82, 2.24) is 24.1 Å². The zero-order valence-corrected chi connectivity index (χ0v) is 28.6.